The number of carbonyl (C=O) groups is 2. The van der Waals surface area contributed by atoms with E-state index in [9.17, 15) is 9.59 Å². The van der Waals surface area contributed by atoms with E-state index < -0.39 is 5.97 Å². The van der Waals surface area contributed by atoms with Gasteiger partial charge in [0.2, 0.25) is 11.7 Å². The van der Waals surface area contributed by atoms with Crippen LogP contribution in [0.5, 0.6) is 0 Å². The SMILES string of the molecule is CC(=O)N1CCN(C)c2coc(C(=O)O)c21. The standard InChI is InChI=1S/C10H12N2O4/c1-6(13)12-4-3-11(2)7-5-16-9(8(7)12)10(14)15/h5H,3-4H2,1-2H3,(H,14,15). The van der Waals surface area contributed by atoms with Crippen molar-refractivity contribution in [3.05, 3.63) is 12.0 Å². The molecule has 16 heavy (non-hydrogen) atoms. The molecule has 0 radical (unpaired) electrons. The van der Waals surface area contributed by atoms with E-state index in [1.54, 1.807) is 0 Å². The third-order valence-electron chi connectivity index (χ3n) is 2.66. The van der Waals surface area contributed by atoms with Crippen molar-refractivity contribution in [3.8, 4) is 0 Å². The summed E-state index contributed by atoms with van der Waals surface area (Å²) in [6.07, 6.45) is 1.37. The fraction of sp³-hybridized carbons (Fsp3) is 0.400. The molecule has 86 valence electrons. The largest absolute Gasteiger partial charge is 0.475 e. The zero-order valence-corrected chi connectivity index (χ0v) is 9.06. The number of furan rings is 1. The number of rotatable bonds is 1. The molecule has 1 amide bonds. The molecule has 1 aliphatic heterocycles. The van der Waals surface area contributed by atoms with E-state index in [-0.39, 0.29) is 11.7 Å². The van der Waals surface area contributed by atoms with E-state index >= 15 is 0 Å². The predicted octanol–water partition coefficient (Wildman–Crippen LogP) is 0.780. The highest BCUT2D eigenvalue weighted by molar-refractivity contribution is 6.04. The Balaban J connectivity index is 2.56. The van der Waals surface area contributed by atoms with Crippen LogP contribution in [0, 0.1) is 0 Å². The Labute approximate surface area is 92.0 Å². The third kappa shape index (κ3) is 1.42. The molecule has 0 saturated heterocycles. The molecule has 0 unspecified atom stereocenters. The monoisotopic (exact) mass is 224 g/mol. The van der Waals surface area contributed by atoms with Crippen molar-refractivity contribution >= 4 is 23.3 Å². The van der Waals surface area contributed by atoms with E-state index in [0.717, 1.165) is 0 Å². The molecular formula is C10H12N2O4. The molecule has 6 nitrogen and oxygen atoms in total. The molecule has 0 atom stereocenters. The zero-order chi connectivity index (χ0) is 11.9. The minimum absolute atomic E-state index is 0.182. The van der Waals surface area contributed by atoms with Crippen LogP contribution in [-0.4, -0.2) is 37.1 Å². The number of nitrogens with zero attached hydrogens (tertiary/aromatic N) is 2. The van der Waals surface area contributed by atoms with Gasteiger partial charge in [-0.2, -0.15) is 0 Å². The van der Waals surface area contributed by atoms with Crippen LogP contribution >= 0.6 is 0 Å². The number of carbonyl (C=O) groups excluding carboxylic acids is 1. The van der Waals surface area contributed by atoms with Crippen LogP contribution < -0.4 is 9.80 Å². The molecule has 0 aromatic carbocycles. The van der Waals surface area contributed by atoms with Crippen LogP contribution in [0.3, 0.4) is 0 Å². The minimum Gasteiger partial charge on any atom is -0.475 e. The molecular weight excluding hydrogens is 212 g/mol. The summed E-state index contributed by atoms with van der Waals surface area (Å²) in [6, 6.07) is 0. The van der Waals surface area contributed by atoms with E-state index in [1.165, 1.54) is 18.1 Å². The Morgan fingerprint density at radius 2 is 2.12 bits per heavy atom. The topological polar surface area (TPSA) is 74.0 Å². The maximum atomic E-state index is 11.4. The lowest BCUT2D eigenvalue weighted by molar-refractivity contribution is -0.116. The molecule has 0 bridgehead atoms. The highest BCUT2D eigenvalue weighted by Crippen LogP contribution is 2.37. The van der Waals surface area contributed by atoms with Gasteiger partial charge in [0.05, 0.1) is 0 Å². The Kier molecular flexibility index (Phi) is 2.34. The van der Waals surface area contributed by atoms with Crippen molar-refractivity contribution < 1.29 is 19.1 Å². The summed E-state index contributed by atoms with van der Waals surface area (Å²) in [5.41, 5.74) is 0.993. The molecule has 1 N–H and O–H groups in total. The summed E-state index contributed by atoms with van der Waals surface area (Å²) in [6.45, 7) is 2.54. The number of carboxylic acids is 1. The highest BCUT2D eigenvalue weighted by atomic mass is 16.4. The first-order valence-electron chi connectivity index (χ1n) is 4.86. The first-order valence-corrected chi connectivity index (χ1v) is 4.86. The smallest absolute Gasteiger partial charge is 0.374 e. The molecule has 2 heterocycles. The van der Waals surface area contributed by atoms with Gasteiger partial charge in [-0.3, -0.25) is 4.79 Å². The molecule has 2 rings (SSSR count). The van der Waals surface area contributed by atoms with E-state index in [0.29, 0.717) is 24.5 Å². The van der Waals surface area contributed by atoms with Gasteiger partial charge in [0.15, 0.2) is 0 Å². The maximum Gasteiger partial charge on any atom is 0.374 e. The van der Waals surface area contributed by atoms with Gasteiger partial charge in [-0.1, -0.05) is 0 Å². The molecule has 1 aliphatic rings. The first-order chi connectivity index (χ1) is 7.52. The fourth-order valence-electron chi connectivity index (χ4n) is 1.82. The van der Waals surface area contributed by atoms with E-state index in [2.05, 4.69) is 0 Å². The molecule has 0 fully saturated rings. The van der Waals surface area contributed by atoms with E-state index in [4.69, 9.17) is 9.52 Å². The molecule has 6 heteroatoms. The van der Waals surface area contributed by atoms with Crippen molar-refractivity contribution in [3.63, 3.8) is 0 Å². The molecule has 0 spiro atoms. The molecule has 0 aliphatic carbocycles. The average molecular weight is 224 g/mol. The number of amides is 1. The van der Waals surface area contributed by atoms with Crippen LogP contribution in [0.2, 0.25) is 0 Å². The zero-order valence-electron chi connectivity index (χ0n) is 9.06. The second-order valence-electron chi connectivity index (χ2n) is 3.70. The molecule has 1 aromatic heterocycles. The number of carboxylic acid groups (broad SMARTS) is 1. The van der Waals surface area contributed by atoms with Gasteiger partial charge in [-0.15, -0.1) is 0 Å². The summed E-state index contributed by atoms with van der Waals surface area (Å²) >= 11 is 0. The minimum atomic E-state index is -1.16. The second kappa shape index (κ2) is 3.55. The van der Waals surface area contributed by atoms with Crippen LogP contribution in [-0.2, 0) is 4.79 Å². The van der Waals surface area contributed by atoms with Crippen LogP contribution in [0.25, 0.3) is 0 Å². The fourth-order valence-corrected chi connectivity index (χ4v) is 1.82. The van der Waals surface area contributed by atoms with Crippen molar-refractivity contribution in [1.82, 2.24) is 0 Å². The number of aromatic carboxylic acids is 1. The maximum absolute atomic E-state index is 11.4. The normalized spacial score (nSPS) is 14.9. The van der Waals surface area contributed by atoms with Gasteiger partial charge in [0.25, 0.3) is 0 Å². The Hall–Kier alpha value is -1.98. The first kappa shape index (κ1) is 10.5. The average Bonchev–Trinajstić information content (AvgIpc) is 2.62. The second-order valence-corrected chi connectivity index (χ2v) is 3.70. The van der Waals surface area contributed by atoms with Gasteiger partial charge < -0.3 is 19.3 Å². The van der Waals surface area contributed by atoms with Gasteiger partial charge in [0, 0.05) is 27.1 Å². The summed E-state index contributed by atoms with van der Waals surface area (Å²) in [5.74, 6) is -1.53. The summed E-state index contributed by atoms with van der Waals surface area (Å²) < 4.78 is 4.99. The summed E-state index contributed by atoms with van der Waals surface area (Å²) in [4.78, 5) is 25.7. The van der Waals surface area contributed by atoms with Crippen molar-refractivity contribution in [2.75, 3.05) is 29.9 Å². The lowest BCUT2D eigenvalue weighted by atomic mass is 10.2. The Morgan fingerprint density at radius 1 is 1.44 bits per heavy atom. The van der Waals surface area contributed by atoms with Crippen molar-refractivity contribution in [2.45, 2.75) is 6.92 Å². The number of hydrogen-bond donors (Lipinski definition) is 1. The molecule has 1 aromatic rings. The number of fused-ring (bicyclic) bond motifs is 1. The lowest BCUT2D eigenvalue weighted by Crippen LogP contribution is -2.41. The lowest BCUT2D eigenvalue weighted by Gasteiger charge is -2.32. The Morgan fingerprint density at radius 3 is 2.69 bits per heavy atom. The van der Waals surface area contributed by atoms with Crippen LogP contribution in [0.1, 0.15) is 17.5 Å². The van der Waals surface area contributed by atoms with E-state index in [1.807, 2.05) is 11.9 Å². The number of likely N-dealkylation sites (N-methyl/N-ethyl adjacent to an activating group) is 1. The van der Waals surface area contributed by atoms with Crippen molar-refractivity contribution in [2.24, 2.45) is 0 Å². The van der Waals surface area contributed by atoms with Gasteiger partial charge in [0.1, 0.15) is 17.6 Å². The van der Waals surface area contributed by atoms with Gasteiger partial charge >= 0.3 is 5.97 Å². The summed E-state index contributed by atoms with van der Waals surface area (Å²) in [5, 5.41) is 8.97. The Bertz CT molecular complexity index is 452. The number of hydrogen-bond acceptors (Lipinski definition) is 4. The van der Waals surface area contributed by atoms with Gasteiger partial charge in [-0.25, -0.2) is 4.79 Å². The van der Waals surface area contributed by atoms with Crippen molar-refractivity contribution in [1.29, 1.82) is 0 Å². The van der Waals surface area contributed by atoms with Crippen LogP contribution in [0.15, 0.2) is 10.7 Å². The number of anilines is 2. The quantitative estimate of drug-likeness (QED) is 0.763. The predicted molar refractivity (Wildman–Crippen MR) is 57.0 cm³/mol. The molecule has 0 saturated carbocycles. The van der Waals surface area contributed by atoms with Gasteiger partial charge in [-0.05, 0) is 0 Å². The third-order valence-corrected chi connectivity index (χ3v) is 2.66. The summed E-state index contributed by atoms with van der Waals surface area (Å²) in [7, 11) is 1.83. The highest BCUT2D eigenvalue weighted by Gasteiger charge is 2.31. The van der Waals surface area contributed by atoms with Crippen LogP contribution in [0.4, 0.5) is 11.4 Å².